The van der Waals surface area contributed by atoms with Crippen molar-refractivity contribution in [1.82, 2.24) is 0 Å². The van der Waals surface area contributed by atoms with Crippen molar-refractivity contribution >= 4 is 17.5 Å². The van der Waals surface area contributed by atoms with Crippen LogP contribution in [0.25, 0.3) is 0 Å². The van der Waals surface area contributed by atoms with Gasteiger partial charge in [-0.15, -0.1) is 0 Å². The number of anilines is 1. The third-order valence-corrected chi connectivity index (χ3v) is 4.41. The number of carbonyl (C=O) groups excluding carboxylic acids is 2. The fourth-order valence-electron chi connectivity index (χ4n) is 2.93. The van der Waals surface area contributed by atoms with Crippen molar-refractivity contribution in [1.29, 1.82) is 0 Å². The molecule has 1 fully saturated rings. The Balaban J connectivity index is 2.03. The Bertz CT molecular complexity index is 534. The van der Waals surface area contributed by atoms with Crippen LogP contribution in [0.1, 0.15) is 41.6 Å². The SMILES string of the molecule is Cc1c(NC(=O)C2CCC(CN)CC2)cccc1C(N)=O. The van der Waals surface area contributed by atoms with Crippen molar-refractivity contribution in [3.63, 3.8) is 0 Å². The zero-order chi connectivity index (χ0) is 15.4. The zero-order valence-electron chi connectivity index (χ0n) is 12.4. The van der Waals surface area contributed by atoms with E-state index in [4.69, 9.17) is 11.5 Å². The number of amides is 2. The van der Waals surface area contributed by atoms with Crippen molar-refractivity contribution in [2.24, 2.45) is 23.3 Å². The molecule has 1 aromatic rings. The third-order valence-electron chi connectivity index (χ3n) is 4.41. The van der Waals surface area contributed by atoms with E-state index in [9.17, 15) is 9.59 Å². The van der Waals surface area contributed by atoms with Gasteiger partial charge >= 0.3 is 0 Å². The molecule has 1 aromatic carbocycles. The number of hydrogen-bond acceptors (Lipinski definition) is 3. The first-order valence-corrected chi connectivity index (χ1v) is 7.43. The molecule has 5 N–H and O–H groups in total. The van der Waals surface area contributed by atoms with Gasteiger partial charge in [-0.05, 0) is 62.8 Å². The molecule has 114 valence electrons. The van der Waals surface area contributed by atoms with Gasteiger partial charge in [-0.2, -0.15) is 0 Å². The van der Waals surface area contributed by atoms with E-state index in [1.54, 1.807) is 25.1 Å². The first kappa shape index (κ1) is 15.5. The molecular formula is C16H23N3O2. The molecule has 1 aliphatic carbocycles. The summed E-state index contributed by atoms with van der Waals surface area (Å²) in [5.74, 6) is 0.126. The van der Waals surface area contributed by atoms with Gasteiger partial charge < -0.3 is 16.8 Å². The summed E-state index contributed by atoms with van der Waals surface area (Å²) in [6.07, 6.45) is 3.77. The second-order valence-electron chi connectivity index (χ2n) is 5.78. The number of rotatable bonds is 4. The van der Waals surface area contributed by atoms with Crippen molar-refractivity contribution in [2.45, 2.75) is 32.6 Å². The number of carbonyl (C=O) groups is 2. The number of nitrogens with two attached hydrogens (primary N) is 2. The van der Waals surface area contributed by atoms with Gasteiger partial charge in [0, 0.05) is 17.2 Å². The molecule has 0 radical (unpaired) electrons. The Kier molecular flexibility index (Phi) is 4.96. The van der Waals surface area contributed by atoms with Crippen LogP contribution in [0.15, 0.2) is 18.2 Å². The summed E-state index contributed by atoms with van der Waals surface area (Å²) in [6.45, 7) is 2.50. The van der Waals surface area contributed by atoms with Crippen molar-refractivity contribution in [3.8, 4) is 0 Å². The van der Waals surface area contributed by atoms with E-state index >= 15 is 0 Å². The summed E-state index contributed by atoms with van der Waals surface area (Å²) in [7, 11) is 0. The maximum atomic E-state index is 12.3. The fourth-order valence-corrected chi connectivity index (χ4v) is 2.93. The van der Waals surface area contributed by atoms with Crippen LogP contribution in [0, 0.1) is 18.8 Å². The molecule has 2 rings (SSSR count). The topological polar surface area (TPSA) is 98.2 Å². The maximum Gasteiger partial charge on any atom is 0.249 e. The standard InChI is InChI=1S/C16H23N3O2/c1-10-13(15(18)20)3-2-4-14(10)19-16(21)12-7-5-11(9-17)6-8-12/h2-4,11-12H,5-9,17H2,1H3,(H2,18,20)(H,19,21). The zero-order valence-corrected chi connectivity index (χ0v) is 12.4. The van der Waals surface area contributed by atoms with Gasteiger partial charge in [-0.25, -0.2) is 0 Å². The molecule has 0 saturated heterocycles. The normalized spacial score (nSPS) is 21.8. The summed E-state index contributed by atoms with van der Waals surface area (Å²) >= 11 is 0. The van der Waals surface area contributed by atoms with Crippen LogP contribution < -0.4 is 16.8 Å². The van der Waals surface area contributed by atoms with Gasteiger partial charge in [0.1, 0.15) is 0 Å². The summed E-state index contributed by atoms with van der Waals surface area (Å²) in [6, 6.07) is 5.19. The molecule has 0 heterocycles. The Morgan fingerprint density at radius 3 is 2.48 bits per heavy atom. The van der Waals surface area contributed by atoms with Crippen LogP contribution in [-0.4, -0.2) is 18.4 Å². The number of hydrogen-bond donors (Lipinski definition) is 3. The molecular weight excluding hydrogens is 266 g/mol. The largest absolute Gasteiger partial charge is 0.366 e. The Morgan fingerprint density at radius 2 is 1.90 bits per heavy atom. The highest BCUT2D eigenvalue weighted by atomic mass is 16.2. The van der Waals surface area contributed by atoms with Crippen molar-refractivity contribution in [2.75, 3.05) is 11.9 Å². The maximum absolute atomic E-state index is 12.3. The summed E-state index contributed by atoms with van der Waals surface area (Å²) in [5.41, 5.74) is 12.8. The van der Waals surface area contributed by atoms with E-state index < -0.39 is 5.91 Å². The molecule has 0 atom stereocenters. The first-order chi connectivity index (χ1) is 10.0. The van der Waals surface area contributed by atoms with Crippen LogP contribution >= 0.6 is 0 Å². The highest BCUT2D eigenvalue weighted by Crippen LogP contribution is 2.29. The van der Waals surface area contributed by atoms with Crippen LogP contribution in [0.5, 0.6) is 0 Å². The predicted molar refractivity (Wildman–Crippen MR) is 82.8 cm³/mol. The lowest BCUT2D eigenvalue weighted by molar-refractivity contribution is -0.121. The minimum absolute atomic E-state index is 0.0233. The van der Waals surface area contributed by atoms with Crippen molar-refractivity contribution < 1.29 is 9.59 Å². The van der Waals surface area contributed by atoms with Crippen molar-refractivity contribution in [3.05, 3.63) is 29.3 Å². The number of benzene rings is 1. The van der Waals surface area contributed by atoms with Crippen LogP contribution in [0.4, 0.5) is 5.69 Å². The monoisotopic (exact) mass is 289 g/mol. The average Bonchev–Trinajstić information content (AvgIpc) is 2.49. The number of primary amides is 1. The highest BCUT2D eigenvalue weighted by Gasteiger charge is 2.26. The Hall–Kier alpha value is -1.88. The minimum Gasteiger partial charge on any atom is -0.366 e. The van der Waals surface area contributed by atoms with Crippen LogP contribution in [-0.2, 0) is 4.79 Å². The number of nitrogens with one attached hydrogen (secondary N) is 1. The molecule has 1 saturated carbocycles. The second-order valence-corrected chi connectivity index (χ2v) is 5.78. The summed E-state index contributed by atoms with van der Waals surface area (Å²) < 4.78 is 0. The summed E-state index contributed by atoms with van der Waals surface area (Å²) in [4.78, 5) is 23.7. The lowest BCUT2D eigenvalue weighted by Gasteiger charge is -2.27. The van der Waals surface area contributed by atoms with Gasteiger partial charge in [-0.1, -0.05) is 6.07 Å². The van der Waals surface area contributed by atoms with Gasteiger partial charge in [0.2, 0.25) is 11.8 Å². The highest BCUT2D eigenvalue weighted by molar-refractivity contribution is 5.99. The van der Waals surface area contributed by atoms with E-state index in [1.807, 2.05) is 0 Å². The van der Waals surface area contributed by atoms with E-state index in [1.165, 1.54) is 0 Å². The first-order valence-electron chi connectivity index (χ1n) is 7.43. The quantitative estimate of drug-likeness (QED) is 0.788. The predicted octanol–water partition coefficient (Wildman–Crippen LogP) is 1.80. The van der Waals surface area contributed by atoms with E-state index in [-0.39, 0.29) is 11.8 Å². The van der Waals surface area contributed by atoms with Gasteiger partial charge in [-0.3, -0.25) is 9.59 Å². The molecule has 5 heteroatoms. The van der Waals surface area contributed by atoms with E-state index in [2.05, 4.69) is 5.32 Å². The molecule has 2 amide bonds. The molecule has 0 aliphatic heterocycles. The van der Waals surface area contributed by atoms with Gasteiger partial charge in [0.15, 0.2) is 0 Å². The van der Waals surface area contributed by atoms with Crippen LogP contribution in [0.3, 0.4) is 0 Å². The minimum atomic E-state index is -0.480. The molecule has 5 nitrogen and oxygen atoms in total. The Morgan fingerprint density at radius 1 is 1.24 bits per heavy atom. The molecule has 0 spiro atoms. The van der Waals surface area contributed by atoms with E-state index in [0.717, 1.165) is 25.7 Å². The smallest absolute Gasteiger partial charge is 0.249 e. The Labute approximate surface area is 125 Å². The van der Waals surface area contributed by atoms with Gasteiger partial charge in [0.05, 0.1) is 0 Å². The third kappa shape index (κ3) is 3.61. The molecule has 0 aromatic heterocycles. The molecule has 0 bridgehead atoms. The molecule has 21 heavy (non-hydrogen) atoms. The lowest BCUT2D eigenvalue weighted by Crippen LogP contribution is -2.29. The van der Waals surface area contributed by atoms with Gasteiger partial charge in [0.25, 0.3) is 0 Å². The second kappa shape index (κ2) is 6.72. The molecule has 1 aliphatic rings. The lowest BCUT2D eigenvalue weighted by atomic mass is 9.81. The molecule has 0 unspecified atom stereocenters. The average molecular weight is 289 g/mol. The fraction of sp³-hybridized carbons (Fsp3) is 0.500. The summed E-state index contributed by atoms with van der Waals surface area (Å²) in [5, 5.41) is 2.93. The van der Waals surface area contributed by atoms with E-state index in [0.29, 0.717) is 29.3 Å². The van der Waals surface area contributed by atoms with Crippen LogP contribution in [0.2, 0.25) is 0 Å².